The fourth-order valence-electron chi connectivity index (χ4n) is 1.70. The molecule has 0 aromatic carbocycles. The monoisotopic (exact) mass is 179 g/mol. The Bertz CT molecular complexity index is 308. The van der Waals surface area contributed by atoms with Crippen molar-refractivity contribution in [3.8, 4) is 0 Å². The number of nitrogens with zero attached hydrogens (tertiary/aromatic N) is 3. The van der Waals surface area contributed by atoms with Crippen LogP contribution >= 0.6 is 0 Å². The van der Waals surface area contributed by atoms with Gasteiger partial charge >= 0.3 is 0 Å². The molecule has 4 nitrogen and oxygen atoms in total. The van der Waals surface area contributed by atoms with Crippen molar-refractivity contribution in [3.05, 3.63) is 12.4 Å². The van der Waals surface area contributed by atoms with E-state index < -0.39 is 0 Å². The van der Waals surface area contributed by atoms with E-state index in [1.165, 1.54) is 0 Å². The lowest BCUT2D eigenvalue weighted by molar-refractivity contribution is -0.110. The van der Waals surface area contributed by atoms with Gasteiger partial charge in [-0.3, -0.25) is 4.68 Å². The van der Waals surface area contributed by atoms with Crippen molar-refractivity contribution in [1.29, 1.82) is 0 Å². The second kappa shape index (κ2) is 3.20. The third-order valence-corrected chi connectivity index (χ3v) is 2.47. The Kier molecular flexibility index (Phi) is 2.04. The number of carbonyl (C=O) groups excluding carboxylic acids is 1. The van der Waals surface area contributed by atoms with E-state index in [9.17, 15) is 4.79 Å². The Labute approximate surface area is 77.1 Å². The average Bonchev–Trinajstić information content (AvgIpc) is 2.71. The molecular formula is C9H13N3O. The summed E-state index contributed by atoms with van der Waals surface area (Å²) >= 11 is 0. The summed E-state index contributed by atoms with van der Waals surface area (Å²) in [5, 5.41) is 4.10. The van der Waals surface area contributed by atoms with Gasteiger partial charge in [-0.1, -0.05) is 0 Å². The normalized spacial score (nSPS) is 22.2. The van der Waals surface area contributed by atoms with Gasteiger partial charge in [0, 0.05) is 32.3 Å². The molecule has 0 amide bonds. The standard InChI is InChI=1S/C9H13N3O/c1-11-6-9(4-10-11)12-3-2-8(5-12)7-13/h4,6-8H,2-3,5H2,1H3/t8-/m1/s1. The van der Waals surface area contributed by atoms with Crippen LogP contribution in [0.2, 0.25) is 0 Å². The lowest BCUT2D eigenvalue weighted by atomic mass is 10.1. The van der Waals surface area contributed by atoms with Crippen LogP contribution < -0.4 is 4.90 Å². The first kappa shape index (κ1) is 8.29. The maximum absolute atomic E-state index is 10.5. The van der Waals surface area contributed by atoms with Gasteiger partial charge in [0.15, 0.2) is 0 Å². The molecule has 1 saturated heterocycles. The van der Waals surface area contributed by atoms with Crippen LogP contribution in [0.3, 0.4) is 0 Å². The molecule has 1 aliphatic heterocycles. The number of carbonyl (C=O) groups is 1. The molecule has 4 heteroatoms. The zero-order valence-electron chi connectivity index (χ0n) is 7.68. The van der Waals surface area contributed by atoms with Crippen LogP contribution in [0.25, 0.3) is 0 Å². The fourth-order valence-corrected chi connectivity index (χ4v) is 1.70. The molecule has 2 heterocycles. The first-order valence-corrected chi connectivity index (χ1v) is 4.48. The number of rotatable bonds is 2. The minimum absolute atomic E-state index is 0.209. The Morgan fingerprint density at radius 1 is 1.69 bits per heavy atom. The van der Waals surface area contributed by atoms with Gasteiger partial charge < -0.3 is 9.69 Å². The summed E-state index contributed by atoms with van der Waals surface area (Å²) in [6, 6.07) is 0. The number of aldehydes is 1. The predicted molar refractivity (Wildman–Crippen MR) is 49.6 cm³/mol. The van der Waals surface area contributed by atoms with Crippen molar-refractivity contribution in [2.75, 3.05) is 18.0 Å². The van der Waals surface area contributed by atoms with Gasteiger partial charge in [-0.15, -0.1) is 0 Å². The van der Waals surface area contributed by atoms with Gasteiger partial charge in [0.05, 0.1) is 11.9 Å². The molecule has 1 aromatic rings. The lowest BCUT2D eigenvalue weighted by Crippen LogP contribution is -2.19. The fraction of sp³-hybridized carbons (Fsp3) is 0.556. The van der Waals surface area contributed by atoms with Crippen LogP contribution in [0.15, 0.2) is 12.4 Å². The number of hydrogen-bond donors (Lipinski definition) is 0. The topological polar surface area (TPSA) is 38.1 Å². The molecule has 13 heavy (non-hydrogen) atoms. The molecule has 2 rings (SSSR count). The molecule has 0 radical (unpaired) electrons. The summed E-state index contributed by atoms with van der Waals surface area (Å²) in [6.45, 7) is 1.81. The van der Waals surface area contributed by atoms with Crippen LogP contribution in [0.4, 0.5) is 5.69 Å². The van der Waals surface area contributed by atoms with Gasteiger partial charge in [0.2, 0.25) is 0 Å². The zero-order valence-corrected chi connectivity index (χ0v) is 7.68. The Hall–Kier alpha value is -1.32. The summed E-state index contributed by atoms with van der Waals surface area (Å²) in [6.07, 6.45) is 5.84. The summed E-state index contributed by atoms with van der Waals surface area (Å²) in [5.41, 5.74) is 1.12. The van der Waals surface area contributed by atoms with E-state index in [0.717, 1.165) is 31.5 Å². The molecule has 0 saturated carbocycles. The highest BCUT2D eigenvalue weighted by Crippen LogP contribution is 2.21. The predicted octanol–water partition coefficient (Wildman–Crippen LogP) is 0.445. The number of hydrogen-bond acceptors (Lipinski definition) is 3. The van der Waals surface area contributed by atoms with Crippen LogP contribution in [0.1, 0.15) is 6.42 Å². The van der Waals surface area contributed by atoms with E-state index in [-0.39, 0.29) is 5.92 Å². The molecule has 1 atom stereocenters. The molecule has 0 unspecified atom stereocenters. The van der Waals surface area contributed by atoms with E-state index in [4.69, 9.17) is 0 Å². The Morgan fingerprint density at radius 3 is 3.08 bits per heavy atom. The summed E-state index contributed by atoms with van der Waals surface area (Å²) in [4.78, 5) is 12.7. The highest BCUT2D eigenvalue weighted by molar-refractivity contribution is 5.58. The number of anilines is 1. The molecule has 1 aromatic heterocycles. The Balaban J connectivity index is 2.07. The molecule has 0 aliphatic carbocycles. The van der Waals surface area contributed by atoms with Crippen molar-refractivity contribution in [1.82, 2.24) is 9.78 Å². The third-order valence-electron chi connectivity index (χ3n) is 2.47. The third kappa shape index (κ3) is 1.56. The number of aryl methyl sites for hydroxylation is 1. The SMILES string of the molecule is Cn1cc(N2CC[C@@H](C=O)C2)cn1. The van der Waals surface area contributed by atoms with Crippen molar-refractivity contribution in [2.24, 2.45) is 13.0 Å². The highest BCUT2D eigenvalue weighted by Gasteiger charge is 2.22. The molecule has 1 fully saturated rings. The van der Waals surface area contributed by atoms with Crippen molar-refractivity contribution in [2.45, 2.75) is 6.42 Å². The maximum atomic E-state index is 10.5. The highest BCUT2D eigenvalue weighted by atomic mass is 16.1. The van der Waals surface area contributed by atoms with Crippen LogP contribution in [-0.2, 0) is 11.8 Å². The molecule has 0 spiro atoms. The lowest BCUT2D eigenvalue weighted by Gasteiger charge is -2.14. The van der Waals surface area contributed by atoms with Gasteiger partial charge in [-0.05, 0) is 6.42 Å². The molecule has 1 aliphatic rings. The molecule has 0 N–H and O–H groups in total. The first-order valence-electron chi connectivity index (χ1n) is 4.48. The van der Waals surface area contributed by atoms with Gasteiger partial charge in [0.25, 0.3) is 0 Å². The van der Waals surface area contributed by atoms with Crippen molar-refractivity contribution < 1.29 is 4.79 Å². The summed E-state index contributed by atoms with van der Waals surface area (Å²) in [7, 11) is 1.90. The van der Waals surface area contributed by atoms with E-state index in [1.54, 1.807) is 4.68 Å². The number of aromatic nitrogens is 2. The summed E-state index contributed by atoms with van der Waals surface area (Å²) in [5.74, 6) is 0.209. The smallest absolute Gasteiger partial charge is 0.124 e. The summed E-state index contributed by atoms with van der Waals surface area (Å²) < 4.78 is 1.78. The quantitative estimate of drug-likeness (QED) is 0.618. The van der Waals surface area contributed by atoms with Crippen LogP contribution in [0.5, 0.6) is 0 Å². The van der Waals surface area contributed by atoms with Gasteiger partial charge in [-0.25, -0.2) is 0 Å². The minimum Gasteiger partial charge on any atom is -0.368 e. The molecular weight excluding hydrogens is 166 g/mol. The second-order valence-electron chi connectivity index (χ2n) is 3.50. The largest absolute Gasteiger partial charge is 0.368 e. The van der Waals surface area contributed by atoms with E-state index >= 15 is 0 Å². The van der Waals surface area contributed by atoms with E-state index in [1.807, 2.05) is 19.4 Å². The molecule has 70 valence electrons. The van der Waals surface area contributed by atoms with Gasteiger partial charge in [-0.2, -0.15) is 5.10 Å². The zero-order chi connectivity index (χ0) is 9.26. The minimum atomic E-state index is 0.209. The molecule has 0 bridgehead atoms. The van der Waals surface area contributed by atoms with Gasteiger partial charge in [0.1, 0.15) is 6.29 Å². The van der Waals surface area contributed by atoms with Crippen LogP contribution in [-0.4, -0.2) is 29.2 Å². The first-order chi connectivity index (χ1) is 6.29. The van der Waals surface area contributed by atoms with Crippen molar-refractivity contribution in [3.63, 3.8) is 0 Å². The second-order valence-corrected chi connectivity index (χ2v) is 3.50. The average molecular weight is 179 g/mol. The van der Waals surface area contributed by atoms with E-state index in [0.29, 0.717) is 0 Å². The van der Waals surface area contributed by atoms with Crippen LogP contribution in [0, 0.1) is 5.92 Å². The Morgan fingerprint density at radius 2 is 2.54 bits per heavy atom. The van der Waals surface area contributed by atoms with E-state index in [2.05, 4.69) is 10.00 Å². The van der Waals surface area contributed by atoms with Crippen molar-refractivity contribution >= 4 is 12.0 Å². The maximum Gasteiger partial charge on any atom is 0.124 e.